The fourth-order valence-electron chi connectivity index (χ4n) is 1.61. The standard InChI is InChI=1S/C15H19FN2O3/c1-4-17-15(20)10(2)18-14(19)8-6-11-5-7-13(21-3)12(16)9-11/h5-10H,4H2,1-3H3,(H,17,20)(H,18,19)/b8-6+/t10-/m0/s1. The van der Waals surface area contributed by atoms with Crippen molar-refractivity contribution in [3.63, 3.8) is 0 Å². The number of methoxy groups -OCH3 is 1. The highest BCUT2D eigenvalue weighted by Gasteiger charge is 2.12. The molecule has 0 aliphatic rings. The molecule has 0 unspecified atom stereocenters. The zero-order chi connectivity index (χ0) is 15.8. The van der Waals surface area contributed by atoms with Crippen molar-refractivity contribution in [3.05, 3.63) is 35.7 Å². The molecular weight excluding hydrogens is 275 g/mol. The number of hydrogen-bond acceptors (Lipinski definition) is 3. The van der Waals surface area contributed by atoms with E-state index in [2.05, 4.69) is 10.6 Å². The van der Waals surface area contributed by atoms with Crippen LogP contribution in [-0.4, -0.2) is 31.5 Å². The first kappa shape index (κ1) is 16.7. The van der Waals surface area contributed by atoms with Crippen molar-refractivity contribution in [2.24, 2.45) is 0 Å². The Balaban J connectivity index is 2.62. The summed E-state index contributed by atoms with van der Waals surface area (Å²) in [5.74, 6) is -1.04. The molecule has 6 heteroatoms. The van der Waals surface area contributed by atoms with E-state index < -0.39 is 17.8 Å². The summed E-state index contributed by atoms with van der Waals surface area (Å²) >= 11 is 0. The number of nitrogens with one attached hydrogen (secondary N) is 2. The summed E-state index contributed by atoms with van der Waals surface area (Å²) in [6.07, 6.45) is 2.71. The van der Waals surface area contributed by atoms with Crippen LogP contribution in [0.25, 0.3) is 6.08 Å². The summed E-state index contributed by atoms with van der Waals surface area (Å²) in [5.41, 5.74) is 0.522. The minimum atomic E-state index is -0.630. The summed E-state index contributed by atoms with van der Waals surface area (Å²) in [6, 6.07) is 3.73. The van der Waals surface area contributed by atoms with Gasteiger partial charge in [-0.05, 0) is 37.6 Å². The molecule has 0 aromatic heterocycles. The first-order chi connectivity index (χ1) is 9.97. The van der Waals surface area contributed by atoms with E-state index in [1.807, 2.05) is 0 Å². The van der Waals surface area contributed by atoms with Gasteiger partial charge in [0.25, 0.3) is 0 Å². The highest BCUT2D eigenvalue weighted by Crippen LogP contribution is 2.18. The smallest absolute Gasteiger partial charge is 0.244 e. The molecule has 0 bridgehead atoms. The first-order valence-corrected chi connectivity index (χ1v) is 6.57. The fourth-order valence-corrected chi connectivity index (χ4v) is 1.61. The molecule has 1 aromatic carbocycles. The van der Waals surface area contributed by atoms with Crippen LogP contribution >= 0.6 is 0 Å². The van der Waals surface area contributed by atoms with Gasteiger partial charge < -0.3 is 15.4 Å². The Hall–Kier alpha value is -2.37. The number of amides is 2. The number of carbonyl (C=O) groups excluding carboxylic acids is 2. The molecule has 0 radical (unpaired) electrons. The average molecular weight is 294 g/mol. The molecule has 5 nitrogen and oxygen atoms in total. The molecule has 21 heavy (non-hydrogen) atoms. The molecule has 0 aliphatic carbocycles. The molecule has 0 heterocycles. The van der Waals surface area contributed by atoms with Gasteiger partial charge in [0, 0.05) is 12.6 Å². The summed E-state index contributed by atoms with van der Waals surface area (Å²) in [7, 11) is 1.38. The molecule has 1 aromatic rings. The van der Waals surface area contributed by atoms with E-state index in [0.29, 0.717) is 12.1 Å². The second kappa shape index (κ2) is 8.04. The molecule has 1 atom stereocenters. The monoisotopic (exact) mass is 294 g/mol. The van der Waals surface area contributed by atoms with Crippen molar-refractivity contribution in [1.82, 2.24) is 10.6 Å². The maximum Gasteiger partial charge on any atom is 0.244 e. The topological polar surface area (TPSA) is 67.4 Å². The zero-order valence-electron chi connectivity index (χ0n) is 12.3. The maximum absolute atomic E-state index is 13.5. The van der Waals surface area contributed by atoms with Gasteiger partial charge in [-0.2, -0.15) is 0 Å². The molecule has 2 amide bonds. The summed E-state index contributed by atoms with van der Waals surface area (Å²) in [6.45, 7) is 3.88. The summed E-state index contributed by atoms with van der Waals surface area (Å²) in [5, 5.41) is 5.12. The van der Waals surface area contributed by atoms with Gasteiger partial charge in [0.05, 0.1) is 7.11 Å². The van der Waals surface area contributed by atoms with E-state index in [9.17, 15) is 14.0 Å². The minimum Gasteiger partial charge on any atom is -0.494 e. The Morgan fingerprint density at radius 2 is 2.14 bits per heavy atom. The van der Waals surface area contributed by atoms with Crippen LogP contribution in [-0.2, 0) is 9.59 Å². The number of ether oxygens (including phenoxy) is 1. The van der Waals surface area contributed by atoms with Gasteiger partial charge in [0.1, 0.15) is 6.04 Å². The van der Waals surface area contributed by atoms with Crippen LogP contribution in [0.2, 0.25) is 0 Å². The van der Waals surface area contributed by atoms with Crippen LogP contribution in [0.15, 0.2) is 24.3 Å². The van der Waals surface area contributed by atoms with Crippen molar-refractivity contribution < 1.29 is 18.7 Å². The molecule has 0 fully saturated rings. The van der Waals surface area contributed by atoms with Gasteiger partial charge in [-0.15, -0.1) is 0 Å². The van der Waals surface area contributed by atoms with E-state index in [-0.39, 0.29) is 11.7 Å². The van der Waals surface area contributed by atoms with E-state index in [0.717, 1.165) is 0 Å². The molecule has 2 N–H and O–H groups in total. The number of likely N-dealkylation sites (N-methyl/N-ethyl adjacent to an activating group) is 1. The lowest BCUT2D eigenvalue weighted by Crippen LogP contribution is -2.44. The zero-order valence-corrected chi connectivity index (χ0v) is 12.3. The normalized spacial score (nSPS) is 12.0. The second-order valence-electron chi connectivity index (χ2n) is 4.35. The van der Waals surface area contributed by atoms with Gasteiger partial charge in [-0.25, -0.2) is 4.39 Å². The lowest BCUT2D eigenvalue weighted by Gasteiger charge is -2.11. The van der Waals surface area contributed by atoms with Crippen molar-refractivity contribution in [3.8, 4) is 5.75 Å². The largest absolute Gasteiger partial charge is 0.494 e. The van der Waals surface area contributed by atoms with Crippen LogP contribution in [0.3, 0.4) is 0 Å². The highest BCUT2D eigenvalue weighted by atomic mass is 19.1. The highest BCUT2D eigenvalue weighted by molar-refractivity contribution is 5.95. The van der Waals surface area contributed by atoms with Crippen molar-refractivity contribution >= 4 is 17.9 Å². The third kappa shape index (κ3) is 5.25. The lowest BCUT2D eigenvalue weighted by atomic mass is 10.2. The van der Waals surface area contributed by atoms with Crippen molar-refractivity contribution in [2.75, 3.05) is 13.7 Å². The third-order valence-electron chi connectivity index (χ3n) is 2.71. The SMILES string of the molecule is CCNC(=O)[C@H](C)NC(=O)/C=C/c1ccc(OC)c(F)c1. The number of halogens is 1. The molecule has 1 rings (SSSR count). The Kier molecular flexibility index (Phi) is 6.39. The lowest BCUT2D eigenvalue weighted by molar-refractivity contribution is -0.126. The van der Waals surface area contributed by atoms with Gasteiger partial charge in [-0.3, -0.25) is 9.59 Å². The van der Waals surface area contributed by atoms with E-state index in [1.54, 1.807) is 19.9 Å². The van der Waals surface area contributed by atoms with Gasteiger partial charge in [0.2, 0.25) is 11.8 Å². The van der Waals surface area contributed by atoms with Crippen LogP contribution in [0, 0.1) is 5.82 Å². The first-order valence-electron chi connectivity index (χ1n) is 6.57. The Bertz CT molecular complexity index is 544. The third-order valence-corrected chi connectivity index (χ3v) is 2.71. The minimum absolute atomic E-state index is 0.140. The summed E-state index contributed by atoms with van der Waals surface area (Å²) in [4.78, 5) is 23.1. The average Bonchev–Trinajstić information content (AvgIpc) is 2.45. The van der Waals surface area contributed by atoms with E-state index in [4.69, 9.17) is 4.74 Å². The fraction of sp³-hybridized carbons (Fsp3) is 0.333. The molecule has 0 saturated carbocycles. The van der Waals surface area contributed by atoms with E-state index >= 15 is 0 Å². The Morgan fingerprint density at radius 1 is 1.43 bits per heavy atom. The second-order valence-corrected chi connectivity index (χ2v) is 4.35. The summed E-state index contributed by atoms with van der Waals surface area (Å²) < 4.78 is 18.3. The number of benzene rings is 1. The van der Waals surface area contributed by atoms with Crippen molar-refractivity contribution in [2.45, 2.75) is 19.9 Å². The Labute approximate surface area is 123 Å². The number of rotatable bonds is 6. The van der Waals surface area contributed by atoms with Crippen molar-refractivity contribution in [1.29, 1.82) is 0 Å². The van der Waals surface area contributed by atoms with Crippen LogP contribution in [0.1, 0.15) is 19.4 Å². The van der Waals surface area contributed by atoms with Gasteiger partial charge in [0.15, 0.2) is 11.6 Å². The quantitative estimate of drug-likeness (QED) is 0.781. The Morgan fingerprint density at radius 3 is 2.71 bits per heavy atom. The van der Waals surface area contributed by atoms with E-state index in [1.165, 1.54) is 31.4 Å². The predicted molar refractivity (Wildman–Crippen MR) is 78.3 cm³/mol. The van der Waals surface area contributed by atoms with Crippen LogP contribution in [0.5, 0.6) is 5.75 Å². The van der Waals surface area contributed by atoms with Crippen LogP contribution in [0.4, 0.5) is 4.39 Å². The molecule has 114 valence electrons. The molecule has 0 saturated heterocycles. The molecular formula is C15H19FN2O3. The molecule has 0 spiro atoms. The number of hydrogen-bond donors (Lipinski definition) is 2. The predicted octanol–water partition coefficient (Wildman–Crippen LogP) is 1.49. The number of carbonyl (C=O) groups is 2. The molecule has 0 aliphatic heterocycles. The van der Waals surface area contributed by atoms with Gasteiger partial charge in [-0.1, -0.05) is 6.07 Å². The maximum atomic E-state index is 13.5. The van der Waals surface area contributed by atoms with Gasteiger partial charge >= 0.3 is 0 Å². The van der Waals surface area contributed by atoms with Crippen LogP contribution < -0.4 is 15.4 Å².